The van der Waals surface area contributed by atoms with E-state index in [0.717, 1.165) is 5.56 Å². The summed E-state index contributed by atoms with van der Waals surface area (Å²) in [5.41, 5.74) is 1.08. The first-order valence-electron chi connectivity index (χ1n) is 10.3. The Kier molecular flexibility index (Phi) is 6.17. The number of methoxy groups -OCH3 is 1. The Hall–Kier alpha value is -4.13. The first kappa shape index (κ1) is 21.1. The molecule has 162 valence electrons. The molecule has 0 radical (unpaired) electrons. The molecule has 0 atom stereocenters. The number of carbonyl (C=O) groups excluding carboxylic acids is 1. The SMILES string of the molecule is COc1ccccc1NC(=O)Cn1c(=O)n(CCc2ccccc2)c(=O)c2ccccc21. The lowest BCUT2D eigenvalue weighted by atomic mass is 10.1. The maximum atomic E-state index is 13.3. The van der Waals surface area contributed by atoms with Crippen LogP contribution in [0, 0.1) is 0 Å². The Morgan fingerprint density at radius 2 is 1.56 bits per heavy atom. The molecule has 0 fully saturated rings. The highest BCUT2D eigenvalue weighted by atomic mass is 16.5. The van der Waals surface area contributed by atoms with E-state index < -0.39 is 11.6 Å². The van der Waals surface area contributed by atoms with Gasteiger partial charge in [-0.3, -0.25) is 18.7 Å². The fourth-order valence-corrected chi connectivity index (χ4v) is 3.69. The summed E-state index contributed by atoms with van der Waals surface area (Å²) in [4.78, 5) is 39.1. The highest BCUT2D eigenvalue weighted by Gasteiger charge is 2.16. The van der Waals surface area contributed by atoms with Gasteiger partial charge in [0.2, 0.25) is 5.91 Å². The number of aryl methyl sites for hydroxylation is 1. The number of rotatable bonds is 7. The second-order valence-electron chi connectivity index (χ2n) is 7.33. The Morgan fingerprint density at radius 1 is 0.875 bits per heavy atom. The molecule has 1 heterocycles. The molecule has 0 bridgehead atoms. The van der Waals surface area contributed by atoms with Crippen LogP contribution < -0.4 is 21.3 Å². The van der Waals surface area contributed by atoms with E-state index in [2.05, 4.69) is 5.32 Å². The van der Waals surface area contributed by atoms with Gasteiger partial charge in [-0.1, -0.05) is 54.6 Å². The minimum atomic E-state index is -0.514. The normalized spacial score (nSPS) is 10.8. The average molecular weight is 429 g/mol. The maximum Gasteiger partial charge on any atom is 0.331 e. The molecule has 4 aromatic rings. The molecular formula is C25H23N3O4. The van der Waals surface area contributed by atoms with E-state index in [1.165, 1.54) is 16.2 Å². The van der Waals surface area contributed by atoms with E-state index in [0.29, 0.717) is 28.8 Å². The molecule has 3 aromatic carbocycles. The topological polar surface area (TPSA) is 82.3 Å². The van der Waals surface area contributed by atoms with Crippen LogP contribution in [-0.2, 0) is 24.3 Å². The molecule has 7 nitrogen and oxygen atoms in total. The predicted octanol–water partition coefficient (Wildman–Crippen LogP) is 3.05. The number of anilines is 1. The molecule has 0 spiro atoms. The number of ether oxygens (including phenoxy) is 1. The lowest BCUT2D eigenvalue weighted by molar-refractivity contribution is -0.116. The molecule has 1 N–H and O–H groups in total. The predicted molar refractivity (Wildman–Crippen MR) is 124 cm³/mol. The fraction of sp³-hybridized carbons (Fsp3) is 0.160. The van der Waals surface area contributed by atoms with Gasteiger partial charge in [0.15, 0.2) is 0 Å². The number of hydrogen-bond acceptors (Lipinski definition) is 4. The van der Waals surface area contributed by atoms with Crippen molar-refractivity contribution in [2.24, 2.45) is 0 Å². The van der Waals surface area contributed by atoms with Crippen LogP contribution in [0.15, 0.2) is 88.5 Å². The minimum absolute atomic E-state index is 0.223. The Labute approximate surface area is 184 Å². The van der Waals surface area contributed by atoms with Crippen LogP contribution in [0.2, 0.25) is 0 Å². The number of nitrogens with zero attached hydrogens (tertiary/aromatic N) is 2. The Bertz CT molecular complexity index is 1370. The van der Waals surface area contributed by atoms with E-state index in [4.69, 9.17) is 4.74 Å². The minimum Gasteiger partial charge on any atom is -0.495 e. The van der Waals surface area contributed by atoms with Gasteiger partial charge in [-0.2, -0.15) is 0 Å². The number of amides is 1. The van der Waals surface area contributed by atoms with Gasteiger partial charge in [-0.05, 0) is 36.2 Å². The van der Waals surface area contributed by atoms with Crippen molar-refractivity contribution in [1.29, 1.82) is 0 Å². The number of fused-ring (bicyclic) bond motifs is 1. The second kappa shape index (κ2) is 9.34. The van der Waals surface area contributed by atoms with E-state index in [-0.39, 0.29) is 18.6 Å². The van der Waals surface area contributed by atoms with Crippen LogP contribution in [0.25, 0.3) is 10.9 Å². The molecule has 4 rings (SSSR count). The van der Waals surface area contributed by atoms with E-state index in [9.17, 15) is 14.4 Å². The quantitative estimate of drug-likeness (QED) is 0.490. The van der Waals surface area contributed by atoms with Crippen LogP contribution in [0.4, 0.5) is 5.69 Å². The Morgan fingerprint density at radius 3 is 2.34 bits per heavy atom. The van der Waals surface area contributed by atoms with Crippen LogP contribution >= 0.6 is 0 Å². The van der Waals surface area contributed by atoms with Crippen molar-refractivity contribution in [2.75, 3.05) is 12.4 Å². The maximum absolute atomic E-state index is 13.3. The van der Waals surface area contributed by atoms with Crippen molar-refractivity contribution in [2.45, 2.75) is 19.5 Å². The second-order valence-corrected chi connectivity index (χ2v) is 7.33. The number of benzene rings is 3. The van der Waals surface area contributed by atoms with Crippen molar-refractivity contribution < 1.29 is 9.53 Å². The molecule has 0 unspecified atom stereocenters. The number of hydrogen-bond donors (Lipinski definition) is 1. The number of nitrogens with one attached hydrogen (secondary N) is 1. The molecule has 1 aromatic heterocycles. The van der Waals surface area contributed by atoms with Gasteiger partial charge in [-0.25, -0.2) is 4.79 Å². The van der Waals surface area contributed by atoms with Crippen molar-refractivity contribution in [3.05, 3.63) is 105 Å². The van der Waals surface area contributed by atoms with Crippen molar-refractivity contribution in [3.63, 3.8) is 0 Å². The summed E-state index contributed by atoms with van der Waals surface area (Å²) in [7, 11) is 1.52. The third kappa shape index (κ3) is 4.32. The zero-order valence-corrected chi connectivity index (χ0v) is 17.7. The molecule has 0 saturated heterocycles. The van der Waals surface area contributed by atoms with Gasteiger partial charge in [0.05, 0.1) is 23.7 Å². The first-order valence-corrected chi connectivity index (χ1v) is 10.3. The summed E-state index contributed by atoms with van der Waals surface area (Å²) < 4.78 is 7.81. The third-order valence-electron chi connectivity index (χ3n) is 5.28. The highest BCUT2D eigenvalue weighted by Crippen LogP contribution is 2.23. The summed E-state index contributed by atoms with van der Waals surface area (Å²) in [6.07, 6.45) is 0.530. The van der Waals surface area contributed by atoms with Crippen molar-refractivity contribution in [1.82, 2.24) is 9.13 Å². The summed E-state index contributed by atoms with van der Waals surface area (Å²) >= 11 is 0. The van der Waals surface area contributed by atoms with Crippen molar-refractivity contribution >= 4 is 22.5 Å². The van der Waals surface area contributed by atoms with Crippen molar-refractivity contribution in [3.8, 4) is 5.75 Å². The van der Waals surface area contributed by atoms with Gasteiger partial charge in [-0.15, -0.1) is 0 Å². The van der Waals surface area contributed by atoms with Gasteiger partial charge in [0, 0.05) is 6.54 Å². The summed E-state index contributed by atoms with van der Waals surface area (Å²) in [6, 6.07) is 23.5. The third-order valence-corrected chi connectivity index (χ3v) is 5.28. The standard InChI is InChI=1S/C25H23N3O4/c1-32-22-14-8-6-12-20(22)26-23(29)17-28-21-13-7-5-11-19(21)24(30)27(25(28)31)16-15-18-9-3-2-4-10-18/h2-14H,15-17H2,1H3,(H,26,29). The van der Waals surface area contributed by atoms with Gasteiger partial charge >= 0.3 is 5.69 Å². The lowest BCUT2D eigenvalue weighted by Gasteiger charge is -2.15. The molecule has 0 aliphatic rings. The van der Waals surface area contributed by atoms with Gasteiger partial charge in [0.1, 0.15) is 12.3 Å². The van der Waals surface area contributed by atoms with E-state index in [1.807, 2.05) is 30.3 Å². The molecule has 32 heavy (non-hydrogen) atoms. The Balaban J connectivity index is 1.69. The highest BCUT2D eigenvalue weighted by molar-refractivity contribution is 5.93. The fourth-order valence-electron chi connectivity index (χ4n) is 3.69. The van der Waals surface area contributed by atoms with Gasteiger partial charge < -0.3 is 10.1 Å². The molecule has 0 aliphatic heterocycles. The van der Waals surface area contributed by atoms with Crippen LogP contribution in [0.3, 0.4) is 0 Å². The smallest absolute Gasteiger partial charge is 0.331 e. The summed E-state index contributed by atoms with van der Waals surface area (Å²) in [5.74, 6) is 0.126. The molecule has 0 saturated carbocycles. The van der Waals surface area contributed by atoms with Crippen LogP contribution in [0.1, 0.15) is 5.56 Å². The number of carbonyl (C=O) groups is 1. The number of para-hydroxylation sites is 3. The van der Waals surface area contributed by atoms with Gasteiger partial charge in [0.25, 0.3) is 5.56 Å². The van der Waals surface area contributed by atoms with E-state index >= 15 is 0 Å². The van der Waals surface area contributed by atoms with Crippen LogP contribution in [-0.4, -0.2) is 22.2 Å². The lowest BCUT2D eigenvalue weighted by Crippen LogP contribution is -2.42. The van der Waals surface area contributed by atoms with Crippen LogP contribution in [0.5, 0.6) is 5.75 Å². The monoisotopic (exact) mass is 429 g/mol. The zero-order valence-electron chi connectivity index (χ0n) is 17.7. The molecular weight excluding hydrogens is 406 g/mol. The number of aromatic nitrogens is 2. The summed E-state index contributed by atoms with van der Waals surface area (Å²) in [6.45, 7) is -0.0103. The molecule has 0 aliphatic carbocycles. The first-order chi connectivity index (χ1) is 15.6. The molecule has 1 amide bonds. The zero-order chi connectivity index (χ0) is 22.5. The summed E-state index contributed by atoms with van der Waals surface area (Å²) in [5, 5.41) is 3.18. The van der Waals surface area contributed by atoms with E-state index in [1.54, 1.807) is 48.5 Å². The molecule has 7 heteroatoms. The largest absolute Gasteiger partial charge is 0.495 e. The average Bonchev–Trinajstić information content (AvgIpc) is 2.83.